The van der Waals surface area contributed by atoms with Crippen LogP contribution < -0.4 is 5.32 Å². The van der Waals surface area contributed by atoms with Crippen molar-refractivity contribution in [3.05, 3.63) is 71.8 Å². The molecular weight excluding hydrogens is 294 g/mol. The highest BCUT2D eigenvalue weighted by Crippen LogP contribution is 2.58. The van der Waals surface area contributed by atoms with Gasteiger partial charge in [-0.1, -0.05) is 79.9 Å². The van der Waals surface area contributed by atoms with Gasteiger partial charge < -0.3 is 5.32 Å². The molecule has 2 saturated carbocycles. The quantitative estimate of drug-likeness (QED) is 0.887. The Morgan fingerprint density at radius 1 is 0.833 bits per heavy atom. The van der Waals surface area contributed by atoms with E-state index in [4.69, 9.17) is 0 Å². The normalized spacial score (nSPS) is 22.8. The van der Waals surface area contributed by atoms with Gasteiger partial charge in [0.1, 0.15) is 0 Å². The van der Waals surface area contributed by atoms with Gasteiger partial charge in [-0.3, -0.25) is 4.79 Å². The average Bonchev–Trinajstić information content (AvgIpc) is 3.41. The fraction of sp³-hybridized carbons (Fsp3) is 0.409. The first-order valence-corrected chi connectivity index (χ1v) is 9.22. The molecule has 2 nitrogen and oxygen atoms in total. The Bertz CT molecular complexity index is 649. The van der Waals surface area contributed by atoms with Crippen LogP contribution in [0.3, 0.4) is 0 Å². The summed E-state index contributed by atoms with van der Waals surface area (Å²) in [7, 11) is 0. The Labute approximate surface area is 144 Å². The molecule has 0 spiro atoms. The van der Waals surface area contributed by atoms with Crippen molar-refractivity contribution in [2.45, 2.75) is 50.0 Å². The molecule has 1 atom stereocenters. The summed E-state index contributed by atoms with van der Waals surface area (Å²) >= 11 is 0. The predicted octanol–water partition coefficient (Wildman–Crippen LogP) is 4.44. The number of hydrogen-bond acceptors (Lipinski definition) is 1. The van der Waals surface area contributed by atoms with Crippen LogP contribution in [0.15, 0.2) is 60.7 Å². The lowest BCUT2D eigenvalue weighted by Crippen LogP contribution is -2.38. The molecule has 0 aliphatic heterocycles. The molecule has 0 radical (unpaired) electrons. The molecule has 0 aromatic heterocycles. The third-order valence-corrected chi connectivity index (χ3v) is 5.81. The highest BCUT2D eigenvalue weighted by molar-refractivity contribution is 5.86. The van der Waals surface area contributed by atoms with Gasteiger partial charge in [0.2, 0.25) is 5.91 Å². The van der Waals surface area contributed by atoms with Gasteiger partial charge in [-0.25, -0.2) is 0 Å². The molecule has 0 saturated heterocycles. The summed E-state index contributed by atoms with van der Waals surface area (Å²) in [6, 6.07) is 21.5. The second kappa shape index (κ2) is 6.43. The minimum Gasteiger partial charge on any atom is -0.353 e. The van der Waals surface area contributed by atoms with E-state index in [1.807, 2.05) is 12.1 Å². The zero-order valence-corrected chi connectivity index (χ0v) is 14.1. The van der Waals surface area contributed by atoms with Crippen LogP contribution in [0.1, 0.15) is 49.7 Å². The highest BCUT2D eigenvalue weighted by Gasteiger charge is 2.60. The number of rotatable bonds is 4. The number of hydrogen-bond donors (Lipinski definition) is 1. The van der Waals surface area contributed by atoms with Crippen LogP contribution in [0.5, 0.6) is 0 Å². The molecular formula is C22H25NO. The Morgan fingerprint density at radius 3 is 1.92 bits per heavy atom. The fourth-order valence-corrected chi connectivity index (χ4v) is 4.40. The van der Waals surface area contributed by atoms with Crippen LogP contribution in [0, 0.1) is 5.92 Å². The van der Waals surface area contributed by atoms with Gasteiger partial charge in [0, 0.05) is 11.5 Å². The van der Waals surface area contributed by atoms with Crippen molar-refractivity contribution in [2.24, 2.45) is 5.92 Å². The topological polar surface area (TPSA) is 29.1 Å². The Kier molecular flexibility index (Phi) is 4.13. The van der Waals surface area contributed by atoms with E-state index in [2.05, 4.69) is 53.8 Å². The Hall–Kier alpha value is -2.09. The van der Waals surface area contributed by atoms with Crippen LogP contribution in [-0.4, -0.2) is 11.9 Å². The molecule has 2 aromatic rings. The second-order valence-electron chi connectivity index (χ2n) is 7.30. The van der Waals surface area contributed by atoms with Crippen molar-refractivity contribution in [3.63, 3.8) is 0 Å². The molecule has 0 bridgehead atoms. The first-order chi connectivity index (χ1) is 11.8. The largest absolute Gasteiger partial charge is 0.353 e. The van der Waals surface area contributed by atoms with Gasteiger partial charge in [0.25, 0.3) is 0 Å². The maximum atomic E-state index is 12.9. The number of carbonyl (C=O) groups is 1. The summed E-state index contributed by atoms with van der Waals surface area (Å²) in [6.07, 6.45) is 7.01. The molecule has 1 N–H and O–H groups in total. The summed E-state index contributed by atoms with van der Waals surface area (Å²) < 4.78 is 0. The first kappa shape index (κ1) is 15.4. The minimum atomic E-state index is -0.138. The van der Waals surface area contributed by atoms with Crippen LogP contribution in [0.2, 0.25) is 0 Å². The summed E-state index contributed by atoms with van der Waals surface area (Å²) in [5.41, 5.74) is 2.39. The summed E-state index contributed by atoms with van der Waals surface area (Å²) in [5, 5.41) is 3.34. The molecule has 2 aromatic carbocycles. The van der Waals surface area contributed by atoms with E-state index in [0.717, 1.165) is 19.3 Å². The van der Waals surface area contributed by atoms with Gasteiger partial charge >= 0.3 is 0 Å². The van der Waals surface area contributed by atoms with Gasteiger partial charge in [-0.2, -0.15) is 0 Å². The molecule has 1 amide bonds. The lowest BCUT2D eigenvalue weighted by atomic mass is 9.85. The van der Waals surface area contributed by atoms with Crippen LogP contribution in [0.4, 0.5) is 0 Å². The zero-order valence-electron chi connectivity index (χ0n) is 14.1. The molecule has 2 aliphatic carbocycles. The van der Waals surface area contributed by atoms with Crippen molar-refractivity contribution < 1.29 is 4.79 Å². The van der Waals surface area contributed by atoms with Crippen LogP contribution in [-0.2, 0) is 10.2 Å². The number of nitrogens with one attached hydrogen (secondary N) is 1. The van der Waals surface area contributed by atoms with Crippen LogP contribution >= 0.6 is 0 Å². The molecule has 4 rings (SSSR count). The number of amides is 1. The second-order valence-corrected chi connectivity index (χ2v) is 7.30. The number of carbonyl (C=O) groups excluding carboxylic acids is 1. The molecule has 2 heteroatoms. The van der Waals surface area contributed by atoms with Crippen molar-refractivity contribution in [2.75, 3.05) is 0 Å². The minimum absolute atomic E-state index is 0.0595. The summed E-state index contributed by atoms with van der Waals surface area (Å²) in [6.45, 7) is 0. The van der Waals surface area contributed by atoms with Crippen molar-refractivity contribution in [1.29, 1.82) is 0 Å². The lowest BCUT2D eigenvalue weighted by Gasteiger charge is -2.24. The standard InChI is InChI=1S/C22H25NO/c24-21(23-19-14-8-3-9-15-19)20-16-22(20,17-10-4-1-5-11-17)18-12-6-2-7-13-18/h1-2,4-7,10-13,19-20H,3,8-9,14-16H2,(H,23,24)/t20-/m0/s1. The Balaban J connectivity index is 1.59. The van der Waals surface area contributed by atoms with E-state index < -0.39 is 0 Å². The smallest absolute Gasteiger partial charge is 0.224 e. The molecule has 0 heterocycles. The predicted molar refractivity (Wildman–Crippen MR) is 96.8 cm³/mol. The summed E-state index contributed by atoms with van der Waals surface area (Å²) in [5.74, 6) is 0.304. The van der Waals surface area contributed by atoms with E-state index in [1.165, 1.54) is 30.4 Å². The Morgan fingerprint density at radius 2 is 1.38 bits per heavy atom. The maximum Gasteiger partial charge on any atom is 0.224 e. The van der Waals surface area contributed by atoms with Gasteiger partial charge in [0.15, 0.2) is 0 Å². The molecule has 124 valence electrons. The van der Waals surface area contributed by atoms with Crippen molar-refractivity contribution >= 4 is 5.91 Å². The maximum absolute atomic E-state index is 12.9. The van der Waals surface area contributed by atoms with E-state index in [-0.39, 0.29) is 17.2 Å². The van der Waals surface area contributed by atoms with E-state index in [0.29, 0.717) is 6.04 Å². The fourth-order valence-electron chi connectivity index (χ4n) is 4.40. The zero-order chi connectivity index (χ0) is 16.4. The van der Waals surface area contributed by atoms with Gasteiger partial charge in [-0.05, 0) is 30.4 Å². The van der Waals surface area contributed by atoms with E-state index in [9.17, 15) is 4.79 Å². The number of benzene rings is 2. The molecule has 2 fully saturated rings. The van der Waals surface area contributed by atoms with Gasteiger partial charge in [-0.15, -0.1) is 0 Å². The van der Waals surface area contributed by atoms with Gasteiger partial charge in [0.05, 0.1) is 5.92 Å². The third-order valence-electron chi connectivity index (χ3n) is 5.81. The van der Waals surface area contributed by atoms with E-state index in [1.54, 1.807) is 0 Å². The van der Waals surface area contributed by atoms with Crippen molar-refractivity contribution in [1.82, 2.24) is 5.32 Å². The van der Waals surface area contributed by atoms with Crippen molar-refractivity contribution in [3.8, 4) is 0 Å². The third kappa shape index (κ3) is 2.75. The molecule has 0 unspecified atom stereocenters. The summed E-state index contributed by atoms with van der Waals surface area (Å²) in [4.78, 5) is 12.9. The van der Waals surface area contributed by atoms with Crippen LogP contribution in [0.25, 0.3) is 0 Å². The first-order valence-electron chi connectivity index (χ1n) is 9.22. The average molecular weight is 319 g/mol. The van der Waals surface area contributed by atoms with E-state index >= 15 is 0 Å². The SMILES string of the molecule is O=C(NC1CCCCC1)[C@@H]1CC1(c1ccccc1)c1ccccc1. The highest BCUT2D eigenvalue weighted by atomic mass is 16.2. The molecule has 2 aliphatic rings. The monoisotopic (exact) mass is 319 g/mol. The molecule has 24 heavy (non-hydrogen) atoms. The lowest BCUT2D eigenvalue weighted by molar-refractivity contribution is -0.123.